The van der Waals surface area contributed by atoms with Crippen molar-refractivity contribution in [1.82, 2.24) is 32.2 Å². The number of aromatic nitrogens is 7. The average molecular weight is 944 g/mol. The lowest BCUT2D eigenvalue weighted by Gasteiger charge is -2.17. The summed E-state index contributed by atoms with van der Waals surface area (Å²) in [6.07, 6.45) is 0. The van der Waals surface area contributed by atoms with E-state index in [1.54, 1.807) is 0 Å². The molecule has 74 heavy (non-hydrogen) atoms. The molecule has 0 aliphatic heterocycles. The number of benzene rings is 11. The molecule has 0 saturated carbocycles. The summed E-state index contributed by atoms with van der Waals surface area (Å²) >= 11 is 0. The van der Waals surface area contributed by atoms with Crippen LogP contribution in [-0.4, -0.2) is 32.2 Å². The first kappa shape index (κ1) is 39.6. The second kappa shape index (κ2) is 14.7. The molecule has 0 radical (unpaired) electrons. The Kier molecular flexibility index (Phi) is 7.88. The molecule has 0 atom stereocenters. The van der Waals surface area contributed by atoms with E-state index in [9.17, 15) is 0 Å². The first-order valence-corrected chi connectivity index (χ1v) is 25.3. The predicted octanol–water partition coefficient (Wildman–Crippen LogP) is 16.8. The smallest absolute Gasteiger partial charge is 0.220 e. The lowest BCUT2D eigenvalue weighted by atomic mass is 10.1. The highest BCUT2D eigenvalue weighted by atomic mass is 15.2. The molecule has 17 aromatic rings. The molecular formula is C67H41N7. The highest BCUT2D eigenvalue weighted by Crippen LogP contribution is 2.44. The lowest BCUT2D eigenvalue weighted by molar-refractivity contribution is 1.09. The maximum Gasteiger partial charge on any atom is 0.220 e. The van der Waals surface area contributed by atoms with Crippen LogP contribution in [0.3, 0.4) is 0 Å². The van der Waals surface area contributed by atoms with Gasteiger partial charge in [0, 0.05) is 60.2 Å². The Labute approximate surface area is 422 Å². The van der Waals surface area contributed by atoms with Gasteiger partial charge in [-0.1, -0.05) is 140 Å². The van der Waals surface area contributed by atoms with Crippen molar-refractivity contribution in [3.8, 4) is 28.4 Å². The highest BCUT2D eigenvalue weighted by Gasteiger charge is 2.26. The van der Waals surface area contributed by atoms with Crippen LogP contribution in [-0.2, 0) is 0 Å². The van der Waals surface area contributed by atoms with Crippen molar-refractivity contribution in [2.45, 2.75) is 0 Å². The van der Waals surface area contributed by atoms with Gasteiger partial charge < -0.3 is 18.3 Å². The van der Waals surface area contributed by atoms with Crippen LogP contribution in [0.5, 0.6) is 0 Å². The maximum atomic E-state index is 5.79. The molecule has 344 valence electrons. The van der Waals surface area contributed by atoms with Crippen molar-refractivity contribution < 1.29 is 0 Å². The standard InChI is InChI=1S/C67H41N7/c1-3-19-42(20-4-1)70-57-31-15-11-27-50(57)53-40-45(72-60-33-17-18-34-61(60)74-62-38-36-51-48-25-9-14-30-56(48)71(43-21-5-2-6-22-43)66(51)64(62)68-67(72)74)41-63(65(53)70)73-58-32-16-10-26-49(58)52-39-44(35-37-59(52)73)69-54-28-12-7-23-46(54)47-24-8-13-29-55(47)69/h1-41H. The Morgan fingerprint density at radius 1 is 0.230 bits per heavy atom. The average Bonchev–Trinajstić information content (AvgIpc) is 4.31. The van der Waals surface area contributed by atoms with E-state index in [2.05, 4.69) is 276 Å². The van der Waals surface area contributed by atoms with Gasteiger partial charge in [-0.25, -0.2) is 4.98 Å². The van der Waals surface area contributed by atoms with Crippen LogP contribution < -0.4 is 0 Å². The molecule has 0 unspecified atom stereocenters. The van der Waals surface area contributed by atoms with Crippen molar-refractivity contribution in [2.24, 2.45) is 0 Å². The first-order valence-electron chi connectivity index (χ1n) is 25.3. The fraction of sp³-hybridized carbons (Fsp3) is 0. The zero-order chi connectivity index (χ0) is 48.2. The number of fused-ring (bicyclic) bond motifs is 18. The van der Waals surface area contributed by atoms with Gasteiger partial charge in [-0.05, 0) is 109 Å². The van der Waals surface area contributed by atoms with Gasteiger partial charge in [0.25, 0.3) is 0 Å². The van der Waals surface area contributed by atoms with Gasteiger partial charge in [0.15, 0.2) is 0 Å². The summed E-state index contributed by atoms with van der Waals surface area (Å²) in [4.78, 5) is 5.79. The SMILES string of the molecule is c1ccc(-n2c3ccccc3c3cc(-n4c5ccccc5n5c6ccc7c8ccccc8n(-c8ccccc8)c7c6nc45)cc(-n4c5ccccc5c5cc(-n6c7ccccc7c7ccccc76)ccc54)c32)cc1. The minimum absolute atomic E-state index is 0.855. The van der Waals surface area contributed by atoms with E-state index in [0.29, 0.717) is 0 Å². The van der Waals surface area contributed by atoms with Crippen LogP contribution in [0.15, 0.2) is 249 Å². The minimum atomic E-state index is 0.855. The summed E-state index contributed by atoms with van der Waals surface area (Å²) in [7, 11) is 0. The predicted molar refractivity (Wildman–Crippen MR) is 307 cm³/mol. The van der Waals surface area contributed by atoms with Crippen molar-refractivity contribution in [3.63, 3.8) is 0 Å². The van der Waals surface area contributed by atoms with Crippen molar-refractivity contribution in [3.05, 3.63) is 249 Å². The monoisotopic (exact) mass is 943 g/mol. The molecule has 17 rings (SSSR count). The van der Waals surface area contributed by atoms with E-state index in [1.807, 2.05) is 0 Å². The fourth-order valence-corrected chi connectivity index (χ4v) is 12.8. The van der Waals surface area contributed by atoms with Crippen LogP contribution in [0.2, 0.25) is 0 Å². The zero-order valence-corrected chi connectivity index (χ0v) is 39.8. The number of rotatable bonds is 5. The largest absolute Gasteiger partial charge is 0.309 e. The second-order valence-corrected chi connectivity index (χ2v) is 19.6. The van der Waals surface area contributed by atoms with Crippen LogP contribution in [0, 0.1) is 0 Å². The van der Waals surface area contributed by atoms with E-state index in [1.165, 1.54) is 48.7 Å². The van der Waals surface area contributed by atoms with Crippen LogP contribution in [0.4, 0.5) is 0 Å². The first-order chi connectivity index (χ1) is 36.8. The van der Waals surface area contributed by atoms with E-state index in [0.717, 1.165) is 94.8 Å². The van der Waals surface area contributed by atoms with E-state index in [4.69, 9.17) is 4.98 Å². The molecule has 6 aromatic heterocycles. The van der Waals surface area contributed by atoms with Gasteiger partial charge in [-0.3, -0.25) is 8.97 Å². The summed E-state index contributed by atoms with van der Waals surface area (Å²) in [6.45, 7) is 0. The third kappa shape index (κ3) is 5.21. The topological polar surface area (TPSA) is 42.0 Å². The molecule has 0 N–H and O–H groups in total. The Balaban J connectivity index is 1.01. The third-order valence-corrected chi connectivity index (χ3v) is 15.8. The van der Waals surface area contributed by atoms with Crippen molar-refractivity contribution in [1.29, 1.82) is 0 Å². The fourth-order valence-electron chi connectivity index (χ4n) is 12.8. The number of nitrogens with zero attached hydrogens (tertiary/aromatic N) is 7. The molecule has 0 spiro atoms. The molecule has 0 fully saturated rings. The Hall–Kier alpha value is -10.1. The summed E-state index contributed by atoms with van der Waals surface area (Å²) in [5, 5.41) is 9.60. The number of para-hydroxylation sites is 9. The number of imidazole rings is 2. The molecule has 0 amide bonds. The Morgan fingerprint density at radius 2 is 0.662 bits per heavy atom. The van der Waals surface area contributed by atoms with Gasteiger partial charge in [-0.2, -0.15) is 0 Å². The molecular weight excluding hydrogens is 903 g/mol. The summed E-state index contributed by atoms with van der Waals surface area (Å²) < 4.78 is 14.5. The molecule has 0 saturated heterocycles. The number of hydrogen-bond donors (Lipinski definition) is 0. The molecule has 7 heteroatoms. The van der Waals surface area contributed by atoms with Crippen molar-refractivity contribution in [2.75, 3.05) is 0 Å². The normalized spacial score (nSPS) is 12.3. The third-order valence-electron chi connectivity index (χ3n) is 15.8. The van der Waals surface area contributed by atoms with Crippen LogP contribution in [0.1, 0.15) is 0 Å². The number of hydrogen-bond acceptors (Lipinski definition) is 1. The van der Waals surface area contributed by atoms with Gasteiger partial charge in [0.2, 0.25) is 5.78 Å². The molecule has 7 nitrogen and oxygen atoms in total. The summed E-state index contributed by atoms with van der Waals surface area (Å²) in [6, 6.07) is 90.7. The van der Waals surface area contributed by atoms with Gasteiger partial charge in [0.05, 0.1) is 72.1 Å². The van der Waals surface area contributed by atoms with Gasteiger partial charge >= 0.3 is 0 Å². The van der Waals surface area contributed by atoms with E-state index < -0.39 is 0 Å². The highest BCUT2D eigenvalue weighted by molar-refractivity contribution is 6.19. The zero-order valence-electron chi connectivity index (χ0n) is 39.8. The lowest BCUT2D eigenvalue weighted by Crippen LogP contribution is -2.03. The van der Waals surface area contributed by atoms with Crippen LogP contribution in [0.25, 0.3) is 144 Å². The molecule has 0 bridgehead atoms. The second-order valence-electron chi connectivity index (χ2n) is 19.6. The van der Waals surface area contributed by atoms with E-state index >= 15 is 0 Å². The molecule has 11 aromatic carbocycles. The Morgan fingerprint density at radius 3 is 1.27 bits per heavy atom. The summed E-state index contributed by atoms with van der Waals surface area (Å²) in [5.41, 5.74) is 18.8. The van der Waals surface area contributed by atoms with E-state index in [-0.39, 0.29) is 0 Å². The molecule has 6 heterocycles. The van der Waals surface area contributed by atoms with Gasteiger partial charge in [-0.15, -0.1) is 0 Å². The van der Waals surface area contributed by atoms with Crippen LogP contribution >= 0.6 is 0 Å². The summed E-state index contributed by atoms with van der Waals surface area (Å²) in [5.74, 6) is 0.855. The quantitative estimate of drug-likeness (QED) is 0.169. The Bertz CT molecular complexity index is 5140. The minimum Gasteiger partial charge on any atom is -0.309 e. The van der Waals surface area contributed by atoms with Crippen molar-refractivity contribution >= 4 is 115 Å². The maximum absolute atomic E-state index is 5.79. The van der Waals surface area contributed by atoms with Gasteiger partial charge in [0.1, 0.15) is 5.52 Å². The molecule has 0 aliphatic carbocycles. The molecule has 0 aliphatic rings.